The van der Waals surface area contributed by atoms with Gasteiger partial charge in [0.15, 0.2) is 0 Å². The van der Waals surface area contributed by atoms with Crippen molar-refractivity contribution < 1.29 is 14.3 Å². The van der Waals surface area contributed by atoms with Crippen LogP contribution in [0.1, 0.15) is 19.3 Å². The number of hydrogen-bond donors (Lipinski definition) is 1. The molecule has 1 saturated carbocycles. The van der Waals surface area contributed by atoms with Gasteiger partial charge in [0.05, 0.1) is 5.52 Å². The maximum Gasteiger partial charge on any atom is 0.303 e. The first kappa shape index (κ1) is 14.4. The number of carboxylic acid groups (broad SMARTS) is 1. The summed E-state index contributed by atoms with van der Waals surface area (Å²) < 4.78 is 13.6. The topological polar surface area (TPSA) is 53.4 Å². The van der Waals surface area contributed by atoms with Crippen LogP contribution in [0.5, 0.6) is 0 Å². The molecule has 5 heteroatoms. The third kappa shape index (κ3) is 2.64. The van der Waals surface area contributed by atoms with Gasteiger partial charge >= 0.3 is 5.97 Å². The van der Waals surface area contributed by atoms with Crippen molar-refractivity contribution in [1.82, 2.24) is 4.98 Å². The first-order valence-electron chi connectivity index (χ1n) is 8.11. The number of pyridine rings is 1. The van der Waals surface area contributed by atoms with Crippen molar-refractivity contribution in [2.75, 3.05) is 18.0 Å². The third-order valence-electron chi connectivity index (χ3n) is 5.33. The lowest BCUT2D eigenvalue weighted by Gasteiger charge is -2.22. The van der Waals surface area contributed by atoms with Crippen molar-refractivity contribution in [3.05, 3.63) is 36.3 Å². The first-order chi connectivity index (χ1) is 11.1. The Morgan fingerprint density at radius 2 is 2.00 bits per heavy atom. The Bertz CT molecular complexity index is 750. The highest BCUT2D eigenvalue weighted by Crippen LogP contribution is 2.44. The molecule has 0 unspecified atom stereocenters. The minimum atomic E-state index is -0.692. The summed E-state index contributed by atoms with van der Waals surface area (Å²) in [5.41, 5.74) is 1.85. The van der Waals surface area contributed by atoms with Gasteiger partial charge in [0, 0.05) is 36.8 Å². The maximum absolute atomic E-state index is 13.6. The SMILES string of the molecule is O=C(O)C[C@@H]1C[C@@H]2CN(c3ccnc4ccc(F)cc34)C[C@@H]2C1. The summed E-state index contributed by atoms with van der Waals surface area (Å²) in [6.07, 6.45) is 4.04. The molecular weight excluding hydrogens is 295 g/mol. The zero-order valence-corrected chi connectivity index (χ0v) is 12.8. The molecule has 1 aliphatic heterocycles. The van der Waals surface area contributed by atoms with Gasteiger partial charge in [-0.15, -0.1) is 0 Å². The van der Waals surface area contributed by atoms with E-state index in [0.717, 1.165) is 42.5 Å². The lowest BCUT2D eigenvalue weighted by atomic mass is 10.0. The molecule has 1 saturated heterocycles. The molecule has 0 amide bonds. The molecule has 2 fully saturated rings. The zero-order valence-electron chi connectivity index (χ0n) is 12.8. The summed E-state index contributed by atoms with van der Waals surface area (Å²) in [5, 5.41) is 9.81. The number of anilines is 1. The van der Waals surface area contributed by atoms with E-state index < -0.39 is 5.97 Å². The van der Waals surface area contributed by atoms with Crippen molar-refractivity contribution in [3.63, 3.8) is 0 Å². The second-order valence-corrected chi connectivity index (χ2v) is 6.85. The quantitative estimate of drug-likeness (QED) is 0.944. The number of halogens is 1. The normalized spacial score (nSPS) is 26.7. The van der Waals surface area contributed by atoms with Crippen LogP contribution in [0.3, 0.4) is 0 Å². The van der Waals surface area contributed by atoms with Crippen molar-refractivity contribution in [2.45, 2.75) is 19.3 Å². The van der Waals surface area contributed by atoms with E-state index >= 15 is 0 Å². The largest absolute Gasteiger partial charge is 0.481 e. The summed E-state index contributed by atoms with van der Waals surface area (Å²) in [6, 6.07) is 6.67. The van der Waals surface area contributed by atoms with Crippen molar-refractivity contribution in [3.8, 4) is 0 Å². The summed E-state index contributed by atoms with van der Waals surface area (Å²) in [7, 11) is 0. The predicted octanol–water partition coefficient (Wildman–Crippen LogP) is 3.31. The molecular formula is C18H19FN2O2. The third-order valence-corrected chi connectivity index (χ3v) is 5.33. The van der Waals surface area contributed by atoms with Crippen LogP contribution in [0.25, 0.3) is 10.9 Å². The molecule has 0 bridgehead atoms. The Hall–Kier alpha value is -2.17. The fourth-order valence-electron chi connectivity index (χ4n) is 4.42. The molecule has 0 spiro atoms. The Morgan fingerprint density at radius 3 is 2.70 bits per heavy atom. The molecule has 23 heavy (non-hydrogen) atoms. The number of fused-ring (bicyclic) bond motifs is 2. The Kier molecular flexibility index (Phi) is 3.43. The van der Waals surface area contributed by atoms with Gasteiger partial charge in [-0.1, -0.05) is 0 Å². The second-order valence-electron chi connectivity index (χ2n) is 6.85. The summed E-state index contributed by atoms with van der Waals surface area (Å²) in [5.74, 6) is 0.485. The Morgan fingerprint density at radius 1 is 1.26 bits per heavy atom. The molecule has 1 aromatic heterocycles. The number of carboxylic acids is 1. The smallest absolute Gasteiger partial charge is 0.303 e. The first-order valence-corrected chi connectivity index (χ1v) is 8.11. The van der Waals surface area contributed by atoms with Crippen LogP contribution < -0.4 is 4.90 Å². The number of rotatable bonds is 3. The lowest BCUT2D eigenvalue weighted by molar-refractivity contribution is -0.138. The van der Waals surface area contributed by atoms with Crippen LogP contribution >= 0.6 is 0 Å². The van der Waals surface area contributed by atoms with E-state index in [1.165, 1.54) is 6.07 Å². The fraction of sp³-hybridized carbons (Fsp3) is 0.444. The fourth-order valence-corrected chi connectivity index (χ4v) is 4.42. The van der Waals surface area contributed by atoms with Crippen LogP contribution in [0.2, 0.25) is 0 Å². The van der Waals surface area contributed by atoms with Gasteiger partial charge in [0.1, 0.15) is 5.82 Å². The van der Waals surface area contributed by atoms with Crippen molar-refractivity contribution in [2.24, 2.45) is 17.8 Å². The lowest BCUT2D eigenvalue weighted by Crippen LogP contribution is -2.22. The maximum atomic E-state index is 13.6. The second kappa shape index (κ2) is 5.48. The molecule has 2 aliphatic rings. The van der Waals surface area contributed by atoms with Gasteiger partial charge in [0.25, 0.3) is 0 Å². The molecule has 120 valence electrons. The summed E-state index contributed by atoms with van der Waals surface area (Å²) in [6.45, 7) is 1.85. The van der Waals surface area contributed by atoms with E-state index in [0.29, 0.717) is 17.8 Å². The molecule has 2 heterocycles. The zero-order chi connectivity index (χ0) is 16.0. The van der Waals surface area contributed by atoms with Crippen molar-refractivity contribution >= 4 is 22.6 Å². The number of aliphatic carboxylic acids is 1. The Balaban J connectivity index is 1.56. The van der Waals surface area contributed by atoms with Crippen LogP contribution in [0.15, 0.2) is 30.5 Å². The van der Waals surface area contributed by atoms with Crippen LogP contribution in [0.4, 0.5) is 10.1 Å². The average Bonchev–Trinajstić information content (AvgIpc) is 3.04. The predicted molar refractivity (Wildman–Crippen MR) is 85.9 cm³/mol. The number of hydrogen-bond acceptors (Lipinski definition) is 3. The standard InChI is InChI=1S/C18H19FN2O2/c19-14-1-2-16-15(8-14)17(3-4-20-16)21-9-12-5-11(7-18(22)23)6-13(12)10-21/h1-4,8,11-13H,5-7,9-10H2,(H,22,23)/t11-,12-,13+. The molecule has 4 rings (SSSR count). The van der Waals surface area contributed by atoms with E-state index in [1.54, 1.807) is 18.3 Å². The van der Waals surface area contributed by atoms with E-state index in [2.05, 4.69) is 9.88 Å². The number of aromatic nitrogens is 1. The van der Waals surface area contributed by atoms with Crippen LogP contribution in [0, 0.1) is 23.6 Å². The van der Waals surface area contributed by atoms with Gasteiger partial charge in [-0.05, 0) is 54.9 Å². The molecule has 4 nitrogen and oxygen atoms in total. The highest BCUT2D eigenvalue weighted by Gasteiger charge is 2.41. The van der Waals surface area contributed by atoms with Gasteiger partial charge in [0.2, 0.25) is 0 Å². The van der Waals surface area contributed by atoms with Crippen LogP contribution in [-0.4, -0.2) is 29.1 Å². The number of nitrogens with zero attached hydrogens (tertiary/aromatic N) is 2. The minimum absolute atomic E-state index is 0.243. The molecule has 1 N–H and O–H groups in total. The molecule has 1 aliphatic carbocycles. The van der Waals surface area contributed by atoms with E-state index in [9.17, 15) is 9.18 Å². The average molecular weight is 314 g/mol. The van der Waals surface area contributed by atoms with Gasteiger partial charge in [-0.2, -0.15) is 0 Å². The van der Waals surface area contributed by atoms with E-state index in [4.69, 9.17) is 5.11 Å². The number of benzene rings is 1. The summed E-state index contributed by atoms with van der Waals surface area (Å²) >= 11 is 0. The van der Waals surface area contributed by atoms with Crippen molar-refractivity contribution in [1.29, 1.82) is 0 Å². The van der Waals surface area contributed by atoms with Gasteiger partial charge < -0.3 is 10.0 Å². The highest BCUT2D eigenvalue weighted by molar-refractivity contribution is 5.91. The monoisotopic (exact) mass is 314 g/mol. The Labute approximate surface area is 133 Å². The molecule has 0 radical (unpaired) electrons. The van der Waals surface area contributed by atoms with E-state index in [1.807, 2.05) is 6.07 Å². The minimum Gasteiger partial charge on any atom is -0.481 e. The molecule has 3 atom stereocenters. The highest BCUT2D eigenvalue weighted by atomic mass is 19.1. The summed E-state index contributed by atoms with van der Waals surface area (Å²) in [4.78, 5) is 17.5. The molecule has 2 aromatic rings. The number of carbonyl (C=O) groups is 1. The van der Waals surface area contributed by atoms with E-state index in [-0.39, 0.29) is 12.2 Å². The molecule has 1 aromatic carbocycles. The van der Waals surface area contributed by atoms with Gasteiger partial charge in [-0.25, -0.2) is 4.39 Å². The van der Waals surface area contributed by atoms with Crippen LogP contribution in [-0.2, 0) is 4.79 Å². The van der Waals surface area contributed by atoms with Gasteiger partial charge in [-0.3, -0.25) is 9.78 Å².